The molecule has 0 saturated carbocycles. The maximum absolute atomic E-state index is 13.2. The highest BCUT2D eigenvalue weighted by Gasteiger charge is 2.28. The Balaban J connectivity index is 1.32. The molecule has 1 fully saturated rings. The number of piperazine rings is 1. The Hall–Kier alpha value is -3.77. The van der Waals surface area contributed by atoms with E-state index in [0.29, 0.717) is 24.2 Å². The van der Waals surface area contributed by atoms with E-state index in [1.54, 1.807) is 13.1 Å². The monoisotopic (exact) mass is 452 g/mol. The lowest BCUT2D eigenvalue weighted by Crippen LogP contribution is -2.50. The van der Waals surface area contributed by atoms with Crippen LogP contribution in [0.3, 0.4) is 0 Å². The lowest BCUT2D eigenvalue weighted by molar-refractivity contribution is -0.132. The molecule has 0 spiro atoms. The molecule has 1 amide bonds. The number of aromatic nitrogens is 2. The summed E-state index contributed by atoms with van der Waals surface area (Å²) < 4.78 is 1.33. The zero-order valence-corrected chi connectivity index (χ0v) is 19.3. The van der Waals surface area contributed by atoms with Gasteiger partial charge in [0.2, 0.25) is 5.91 Å². The molecule has 6 nitrogen and oxygen atoms in total. The van der Waals surface area contributed by atoms with E-state index in [9.17, 15) is 9.59 Å². The van der Waals surface area contributed by atoms with E-state index >= 15 is 0 Å². The molecule has 3 aromatic carbocycles. The summed E-state index contributed by atoms with van der Waals surface area (Å²) in [4.78, 5) is 30.0. The van der Waals surface area contributed by atoms with Crippen LogP contribution in [-0.2, 0) is 18.3 Å². The van der Waals surface area contributed by atoms with E-state index in [1.807, 2.05) is 35.2 Å². The Morgan fingerprint density at radius 1 is 0.794 bits per heavy atom. The molecule has 1 saturated heterocycles. The van der Waals surface area contributed by atoms with E-state index in [1.165, 1.54) is 15.8 Å². The van der Waals surface area contributed by atoms with E-state index in [-0.39, 0.29) is 23.9 Å². The predicted molar refractivity (Wildman–Crippen MR) is 134 cm³/mol. The van der Waals surface area contributed by atoms with Gasteiger partial charge in [-0.15, -0.1) is 0 Å². The average Bonchev–Trinajstić information content (AvgIpc) is 2.89. The quantitative estimate of drug-likeness (QED) is 0.466. The summed E-state index contributed by atoms with van der Waals surface area (Å²) in [6.07, 6.45) is 0.190. The molecule has 1 aromatic heterocycles. The molecule has 0 N–H and O–H groups in total. The second-order valence-corrected chi connectivity index (χ2v) is 8.74. The third-order valence-corrected chi connectivity index (χ3v) is 6.61. The highest BCUT2D eigenvalue weighted by atomic mass is 16.2. The lowest BCUT2D eigenvalue weighted by Gasteiger charge is -2.39. The smallest absolute Gasteiger partial charge is 0.274 e. The summed E-state index contributed by atoms with van der Waals surface area (Å²) in [5, 5.41) is 5.76. The van der Waals surface area contributed by atoms with Crippen molar-refractivity contribution in [2.75, 3.05) is 26.2 Å². The van der Waals surface area contributed by atoms with Gasteiger partial charge >= 0.3 is 0 Å². The molecule has 34 heavy (non-hydrogen) atoms. The van der Waals surface area contributed by atoms with Crippen molar-refractivity contribution in [2.45, 2.75) is 12.5 Å². The first-order valence-electron chi connectivity index (χ1n) is 11.7. The van der Waals surface area contributed by atoms with Crippen LogP contribution in [0, 0.1) is 0 Å². The van der Waals surface area contributed by atoms with Crippen LogP contribution >= 0.6 is 0 Å². The van der Waals surface area contributed by atoms with Crippen LogP contribution in [0.25, 0.3) is 10.8 Å². The maximum atomic E-state index is 13.2. The van der Waals surface area contributed by atoms with Crippen molar-refractivity contribution >= 4 is 16.7 Å². The van der Waals surface area contributed by atoms with Gasteiger partial charge in [-0.3, -0.25) is 14.5 Å². The summed E-state index contributed by atoms with van der Waals surface area (Å²) in [6.45, 7) is 2.92. The number of benzene rings is 3. The largest absolute Gasteiger partial charge is 0.340 e. The Morgan fingerprint density at radius 2 is 1.32 bits per heavy atom. The third-order valence-electron chi connectivity index (χ3n) is 6.61. The maximum Gasteiger partial charge on any atom is 0.274 e. The Morgan fingerprint density at radius 3 is 1.91 bits per heavy atom. The number of aryl methyl sites for hydroxylation is 1. The van der Waals surface area contributed by atoms with Crippen molar-refractivity contribution in [1.82, 2.24) is 19.6 Å². The lowest BCUT2D eigenvalue weighted by atomic mass is 9.96. The number of hydrogen-bond acceptors (Lipinski definition) is 4. The summed E-state index contributed by atoms with van der Waals surface area (Å²) in [7, 11) is 1.63. The fourth-order valence-electron chi connectivity index (χ4n) is 4.88. The highest BCUT2D eigenvalue weighted by molar-refractivity contribution is 5.88. The molecule has 1 aliphatic rings. The Bertz CT molecular complexity index is 1300. The van der Waals surface area contributed by atoms with Crippen LogP contribution in [-0.4, -0.2) is 51.7 Å². The molecule has 5 rings (SSSR count). The van der Waals surface area contributed by atoms with Gasteiger partial charge in [-0.25, -0.2) is 4.68 Å². The van der Waals surface area contributed by atoms with E-state index in [2.05, 4.69) is 58.5 Å². The number of carbonyl (C=O) groups is 1. The zero-order valence-electron chi connectivity index (χ0n) is 19.3. The van der Waals surface area contributed by atoms with Gasteiger partial charge in [0.05, 0.1) is 23.5 Å². The van der Waals surface area contributed by atoms with Gasteiger partial charge in [0, 0.05) is 38.6 Å². The molecule has 0 unspecified atom stereocenters. The molecule has 1 aliphatic heterocycles. The first-order chi connectivity index (χ1) is 16.6. The number of hydrogen-bond donors (Lipinski definition) is 0. The summed E-state index contributed by atoms with van der Waals surface area (Å²) >= 11 is 0. The first-order valence-corrected chi connectivity index (χ1v) is 11.7. The summed E-state index contributed by atoms with van der Waals surface area (Å²) in [5.41, 5.74) is 3.02. The highest BCUT2D eigenvalue weighted by Crippen LogP contribution is 2.29. The van der Waals surface area contributed by atoms with Crippen molar-refractivity contribution in [3.8, 4) is 0 Å². The number of fused-ring (bicyclic) bond motifs is 1. The van der Waals surface area contributed by atoms with Crippen molar-refractivity contribution in [1.29, 1.82) is 0 Å². The fraction of sp³-hybridized carbons (Fsp3) is 0.250. The Kier molecular flexibility index (Phi) is 6.23. The number of amides is 1. The SMILES string of the molecule is Cn1nc(CC(=O)N2CCN(C(c3ccccc3)c3ccccc3)CC2)c2ccccc2c1=O. The number of nitrogens with zero attached hydrogens (tertiary/aromatic N) is 4. The van der Waals surface area contributed by atoms with E-state index in [4.69, 9.17) is 0 Å². The molecule has 0 bridgehead atoms. The molecule has 4 aromatic rings. The van der Waals surface area contributed by atoms with E-state index in [0.717, 1.165) is 18.5 Å². The first kappa shape index (κ1) is 22.0. The van der Waals surface area contributed by atoms with Gasteiger partial charge < -0.3 is 4.90 Å². The average molecular weight is 453 g/mol. The molecular weight excluding hydrogens is 424 g/mol. The molecular formula is C28H28N4O2. The summed E-state index contributed by atoms with van der Waals surface area (Å²) in [6, 6.07) is 28.6. The van der Waals surface area contributed by atoms with Gasteiger partial charge in [0.1, 0.15) is 0 Å². The van der Waals surface area contributed by atoms with Crippen molar-refractivity contribution in [2.24, 2.45) is 7.05 Å². The molecule has 0 radical (unpaired) electrons. The van der Waals surface area contributed by atoms with Crippen LogP contribution in [0.4, 0.5) is 0 Å². The van der Waals surface area contributed by atoms with Gasteiger partial charge in [0.25, 0.3) is 5.56 Å². The van der Waals surface area contributed by atoms with Crippen LogP contribution in [0.5, 0.6) is 0 Å². The summed E-state index contributed by atoms with van der Waals surface area (Å²) in [5.74, 6) is 0.0481. The minimum Gasteiger partial charge on any atom is -0.340 e. The van der Waals surface area contributed by atoms with Crippen molar-refractivity contribution < 1.29 is 4.79 Å². The third kappa shape index (κ3) is 4.37. The molecule has 2 heterocycles. The minimum atomic E-state index is -0.145. The van der Waals surface area contributed by atoms with Gasteiger partial charge in [-0.2, -0.15) is 5.10 Å². The fourth-order valence-corrected chi connectivity index (χ4v) is 4.88. The van der Waals surface area contributed by atoms with Crippen LogP contribution in [0.2, 0.25) is 0 Å². The van der Waals surface area contributed by atoms with Gasteiger partial charge in [-0.05, 0) is 17.2 Å². The van der Waals surface area contributed by atoms with Gasteiger partial charge in [0.15, 0.2) is 0 Å². The Labute approximate surface area is 199 Å². The van der Waals surface area contributed by atoms with Crippen molar-refractivity contribution in [3.63, 3.8) is 0 Å². The number of carbonyl (C=O) groups excluding carboxylic acids is 1. The van der Waals surface area contributed by atoms with Crippen LogP contribution < -0.4 is 5.56 Å². The molecule has 0 atom stereocenters. The second kappa shape index (κ2) is 9.61. The second-order valence-electron chi connectivity index (χ2n) is 8.74. The van der Waals surface area contributed by atoms with Crippen LogP contribution in [0.1, 0.15) is 22.9 Å². The zero-order chi connectivity index (χ0) is 23.5. The van der Waals surface area contributed by atoms with Crippen LogP contribution in [0.15, 0.2) is 89.7 Å². The number of rotatable bonds is 5. The predicted octanol–water partition coefficient (Wildman–Crippen LogP) is 3.41. The van der Waals surface area contributed by atoms with E-state index < -0.39 is 0 Å². The standard InChI is InChI=1S/C28H28N4O2/c1-30-28(34)24-15-9-8-14-23(24)25(29-30)20-26(33)31-16-18-32(19-17-31)27(21-10-4-2-5-11-21)22-12-6-3-7-13-22/h2-15,27H,16-20H2,1H3. The minimum absolute atomic E-state index is 0.0481. The molecule has 6 heteroatoms. The van der Waals surface area contributed by atoms with Gasteiger partial charge in [-0.1, -0.05) is 78.9 Å². The molecule has 172 valence electrons. The molecule has 0 aliphatic carbocycles. The van der Waals surface area contributed by atoms with Crippen molar-refractivity contribution in [3.05, 3.63) is 112 Å². The topological polar surface area (TPSA) is 58.4 Å². The normalized spacial score (nSPS) is 14.6.